The van der Waals surface area contributed by atoms with Gasteiger partial charge in [0.25, 0.3) is 0 Å². The second-order valence-corrected chi connectivity index (χ2v) is 7.13. The van der Waals surface area contributed by atoms with Gasteiger partial charge in [0.15, 0.2) is 0 Å². The van der Waals surface area contributed by atoms with E-state index in [1.54, 1.807) is 31.2 Å². The van der Waals surface area contributed by atoms with Crippen molar-refractivity contribution in [3.63, 3.8) is 0 Å². The zero-order valence-electron chi connectivity index (χ0n) is 15.1. The molecular formula is C18H29BN2O4. The molecular weight excluding hydrogens is 319 g/mol. The van der Waals surface area contributed by atoms with E-state index in [4.69, 9.17) is 0 Å². The van der Waals surface area contributed by atoms with Crippen molar-refractivity contribution < 1.29 is 19.6 Å². The van der Waals surface area contributed by atoms with E-state index in [-0.39, 0.29) is 11.9 Å². The summed E-state index contributed by atoms with van der Waals surface area (Å²) in [4.78, 5) is 25.0. The predicted octanol–water partition coefficient (Wildman–Crippen LogP) is 1.31. The first-order valence-corrected chi connectivity index (χ1v) is 9.24. The molecule has 2 aliphatic rings. The number of allylic oxidation sites excluding steroid dienone is 2. The minimum Gasteiger partial charge on any atom is -0.427 e. The van der Waals surface area contributed by atoms with Gasteiger partial charge in [-0.15, -0.1) is 0 Å². The van der Waals surface area contributed by atoms with Gasteiger partial charge in [0.2, 0.25) is 11.8 Å². The highest BCUT2D eigenvalue weighted by Gasteiger charge is 2.43. The Morgan fingerprint density at radius 2 is 1.88 bits per heavy atom. The number of nitrogens with one attached hydrogen (secondary N) is 2. The molecule has 0 aromatic heterocycles. The Morgan fingerprint density at radius 1 is 1.20 bits per heavy atom. The molecule has 0 heterocycles. The van der Waals surface area contributed by atoms with E-state index in [1.807, 2.05) is 6.92 Å². The highest BCUT2D eigenvalue weighted by atomic mass is 16.4. The molecule has 2 amide bonds. The maximum absolute atomic E-state index is 12.6. The van der Waals surface area contributed by atoms with Gasteiger partial charge in [-0.25, -0.2) is 0 Å². The van der Waals surface area contributed by atoms with Crippen LogP contribution in [0.15, 0.2) is 24.3 Å². The monoisotopic (exact) mass is 348 g/mol. The topological polar surface area (TPSA) is 98.7 Å². The summed E-state index contributed by atoms with van der Waals surface area (Å²) < 4.78 is 0. The van der Waals surface area contributed by atoms with Crippen molar-refractivity contribution in [1.29, 1.82) is 0 Å². The predicted molar refractivity (Wildman–Crippen MR) is 97.6 cm³/mol. The van der Waals surface area contributed by atoms with Gasteiger partial charge in [0.1, 0.15) is 5.92 Å². The lowest BCUT2D eigenvalue weighted by atomic mass is 9.59. The Morgan fingerprint density at radius 3 is 2.48 bits per heavy atom. The Kier molecular flexibility index (Phi) is 6.84. The molecule has 4 N–H and O–H groups in total. The van der Waals surface area contributed by atoms with E-state index in [0.717, 1.165) is 25.7 Å². The lowest BCUT2D eigenvalue weighted by molar-refractivity contribution is -0.135. The van der Waals surface area contributed by atoms with Crippen LogP contribution in [0.4, 0.5) is 0 Å². The zero-order chi connectivity index (χ0) is 18.4. The lowest BCUT2D eigenvalue weighted by Crippen LogP contribution is -2.56. The Balaban J connectivity index is 2.01. The molecule has 0 bridgehead atoms. The maximum atomic E-state index is 12.6. The van der Waals surface area contributed by atoms with Crippen LogP contribution in [0.1, 0.15) is 52.4 Å². The standard InChI is InChI=1S/C18H29BN2O4/c1-3-18(12-8-7-11-15(18)19(24)25)21-17(23)13(2)16(22)20-14-9-5-4-6-10-14/h7-8,11-15,24-25H,3-6,9-10H2,1-2H3,(H,20,22)(H,21,23)/t13?,15?,18-/m0/s1. The largest absolute Gasteiger partial charge is 0.461 e. The second kappa shape index (κ2) is 8.67. The highest BCUT2D eigenvalue weighted by molar-refractivity contribution is 6.44. The average molecular weight is 348 g/mol. The normalized spacial score (nSPS) is 27.6. The summed E-state index contributed by atoms with van der Waals surface area (Å²) in [5.41, 5.74) is -0.903. The summed E-state index contributed by atoms with van der Waals surface area (Å²) >= 11 is 0. The van der Waals surface area contributed by atoms with Crippen LogP contribution in [0, 0.1) is 5.92 Å². The summed E-state index contributed by atoms with van der Waals surface area (Å²) in [6, 6.07) is 0.154. The first-order chi connectivity index (χ1) is 11.9. The van der Waals surface area contributed by atoms with Gasteiger partial charge in [-0.05, 0) is 26.2 Å². The van der Waals surface area contributed by atoms with Crippen molar-refractivity contribution in [3.05, 3.63) is 24.3 Å². The van der Waals surface area contributed by atoms with Crippen LogP contribution in [0.2, 0.25) is 5.82 Å². The molecule has 0 saturated heterocycles. The molecule has 1 saturated carbocycles. The molecule has 3 atom stereocenters. The minimum absolute atomic E-state index is 0.154. The SMILES string of the molecule is CC[C@]1(NC(=O)C(C)C(=O)NC2CCCCC2)C=CC=CC1B(O)O. The fourth-order valence-electron chi connectivity index (χ4n) is 3.66. The van der Waals surface area contributed by atoms with Crippen LogP contribution in [0.25, 0.3) is 0 Å². The number of rotatable bonds is 6. The molecule has 7 heteroatoms. The summed E-state index contributed by atoms with van der Waals surface area (Å²) in [6.45, 7) is 3.45. The number of hydrogen-bond acceptors (Lipinski definition) is 4. The summed E-state index contributed by atoms with van der Waals surface area (Å²) in [6.07, 6.45) is 12.8. The molecule has 0 spiro atoms. The molecule has 2 rings (SSSR count). The number of carbonyl (C=O) groups is 2. The minimum atomic E-state index is -1.59. The zero-order valence-corrected chi connectivity index (χ0v) is 15.1. The molecule has 2 unspecified atom stereocenters. The third-order valence-electron chi connectivity index (χ3n) is 5.42. The van der Waals surface area contributed by atoms with Crippen molar-refractivity contribution in [1.82, 2.24) is 10.6 Å². The van der Waals surface area contributed by atoms with Gasteiger partial charge in [0.05, 0.1) is 5.54 Å². The fraction of sp³-hybridized carbons (Fsp3) is 0.667. The Hall–Kier alpha value is -1.60. The van der Waals surface area contributed by atoms with E-state index < -0.39 is 30.3 Å². The van der Waals surface area contributed by atoms with Crippen LogP contribution in [-0.2, 0) is 9.59 Å². The molecule has 0 aliphatic heterocycles. The van der Waals surface area contributed by atoms with E-state index in [0.29, 0.717) is 6.42 Å². The molecule has 0 aromatic carbocycles. The van der Waals surface area contributed by atoms with Crippen LogP contribution >= 0.6 is 0 Å². The van der Waals surface area contributed by atoms with Crippen molar-refractivity contribution in [2.24, 2.45) is 5.92 Å². The summed E-state index contributed by atoms with van der Waals surface area (Å²) in [5.74, 6) is -2.16. The van der Waals surface area contributed by atoms with Gasteiger partial charge in [-0.2, -0.15) is 0 Å². The van der Waals surface area contributed by atoms with E-state index in [1.165, 1.54) is 6.42 Å². The Bertz CT molecular complexity index is 543. The summed E-state index contributed by atoms with van der Waals surface area (Å²) in [5, 5.41) is 25.2. The van der Waals surface area contributed by atoms with Gasteiger partial charge in [0, 0.05) is 11.9 Å². The third-order valence-corrected chi connectivity index (χ3v) is 5.42. The first-order valence-electron chi connectivity index (χ1n) is 9.24. The van der Waals surface area contributed by atoms with Gasteiger partial charge < -0.3 is 20.7 Å². The van der Waals surface area contributed by atoms with E-state index >= 15 is 0 Å². The van der Waals surface area contributed by atoms with E-state index in [9.17, 15) is 19.6 Å². The van der Waals surface area contributed by atoms with Crippen LogP contribution in [0.3, 0.4) is 0 Å². The lowest BCUT2D eigenvalue weighted by Gasteiger charge is -2.39. The average Bonchev–Trinajstić information content (AvgIpc) is 2.61. The van der Waals surface area contributed by atoms with Crippen molar-refractivity contribution >= 4 is 18.9 Å². The number of carbonyl (C=O) groups excluding carboxylic acids is 2. The highest BCUT2D eigenvalue weighted by Crippen LogP contribution is 2.34. The molecule has 0 radical (unpaired) electrons. The molecule has 2 aliphatic carbocycles. The smallest absolute Gasteiger partial charge is 0.427 e. The van der Waals surface area contributed by atoms with Crippen LogP contribution in [0.5, 0.6) is 0 Å². The molecule has 25 heavy (non-hydrogen) atoms. The van der Waals surface area contributed by atoms with Gasteiger partial charge in [-0.1, -0.05) is 50.5 Å². The second-order valence-electron chi connectivity index (χ2n) is 7.13. The van der Waals surface area contributed by atoms with Crippen LogP contribution in [-0.4, -0.2) is 40.6 Å². The van der Waals surface area contributed by atoms with Crippen LogP contribution < -0.4 is 10.6 Å². The molecule has 138 valence electrons. The fourth-order valence-corrected chi connectivity index (χ4v) is 3.66. The quantitative estimate of drug-likeness (QED) is 0.430. The summed E-state index contributed by atoms with van der Waals surface area (Å²) in [7, 11) is -1.59. The third kappa shape index (κ3) is 4.73. The van der Waals surface area contributed by atoms with Gasteiger partial charge >= 0.3 is 7.12 Å². The number of hydrogen-bond donors (Lipinski definition) is 4. The van der Waals surface area contributed by atoms with Crippen molar-refractivity contribution in [2.45, 2.75) is 69.8 Å². The van der Waals surface area contributed by atoms with E-state index in [2.05, 4.69) is 10.6 Å². The molecule has 0 aromatic rings. The van der Waals surface area contributed by atoms with Crippen molar-refractivity contribution in [2.75, 3.05) is 0 Å². The molecule has 1 fully saturated rings. The Labute approximate surface area is 149 Å². The maximum Gasteiger partial charge on any atom is 0.461 e. The first kappa shape index (κ1) is 19.7. The van der Waals surface area contributed by atoms with Gasteiger partial charge in [-0.3, -0.25) is 9.59 Å². The number of amides is 2. The molecule has 6 nitrogen and oxygen atoms in total. The van der Waals surface area contributed by atoms with Crippen molar-refractivity contribution in [3.8, 4) is 0 Å².